The van der Waals surface area contributed by atoms with Crippen molar-refractivity contribution in [3.05, 3.63) is 59.5 Å². The van der Waals surface area contributed by atoms with E-state index in [9.17, 15) is 4.79 Å². The predicted octanol–water partition coefficient (Wildman–Crippen LogP) is 3.61. The lowest BCUT2D eigenvalue weighted by atomic mass is 9.99. The topological polar surface area (TPSA) is 81.9 Å². The summed E-state index contributed by atoms with van der Waals surface area (Å²) in [5.74, 6) is 2.27. The fraction of sp³-hybridized carbons (Fsp3) is 0.500. The SMILES string of the molecule is CN=C(NCCCN1CCC(C)CC1)NCc1cccc(C(=O)NCc2ccco2)c1.I. The second-order valence-corrected chi connectivity index (χ2v) is 8.19. The van der Waals surface area contributed by atoms with Crippen molar-refractivity contribution in [1.82, 2.24) is 20.9 Å². The number of nitrogens with zero attached hydrogens (tertiary/aromatic N) is 2. The quantitative estimate of drug-likeness (QED) is 0.191. The first-order valence-corrected chi connectivity index (χ1v) is 11.2. The Morgan fingerprint density at radius 2 is 1.94 bits per heavy atom. The molecule has 0 aliphatic carbocycles. The van der Waals surface area contributed by atoms with Crippen molar-refractivity contribution in [3.8, 4) is 0 Å². The zero-order valence-electron chi connectivity index (χ0n) is 19.1. The van der Waals surface area contributed by atoms with Gasteiger partial charge in [-0.15, -0.1) is 24.0 Å². The van der Waals surface area contributed by atoms with Gasteiger partial charge >= 0.3 is 0 Å². The molecule has 1 fully saturated rings. The summed E-state index contributed by atoms with van der Waals surface area (Å²) in [5, 5.41) is 9.59. The molecule has 0 spiro atoms. The molecule has 1 aliphatic rings. The standard InChI is InChI=1S/C24H35N5O2.HI/c1-19-9-13-29(14-10-19)12-5-11-26-24(25-2)28-17-20-6-3-7-21(16-20)23(30)27-18-22-8-4-15-31-22;/h3-4,6-8,15-16,19H,5,9-14,17-18H2,1-2H3,(H,27,30)(H2,25,26,28);1H. The Hall–Kier alpha value is -2.07. The van der Waals surface area contributed by atoms with Gasteiger partial charge in [0.05, 0.1) is 12.8 Å². The predicted molar refractivity (Wildman–Crippen MR) is 139 cm³/mol. The maximum atomic E-state index is 12.4. The molecule has 176 valence electrons. The number of carbonyl (C=O) groups is 1. The van der Waals surface area contributed by atoms with E-state index in [0.29, 0.717) is 18.7 Å². The van der Waals surface area contributed by atoms with Crippen LogP contribution in [-0.2, 0) is 13.1 Å². The number of likely N-dealkylation sites (tertiary alicyclic amines) is 1. The molecule has 0 atom stereocenters. The number of nitrogens with one attached hydrogen (secondary N) is 3. The summed E-state index contributed by atoms with van der Waals surface area (Å²) in [6.07, 6.45) is 5.33. The van der Waals surface area contributed by atoms with Crippen molar-refractivity contribution in [1.29, 1.82) is 0 Å². The van der Waals surface area contributed by atoms with E-state index >= 15 is 0 Å². The average molecular weight is 553 g/mol. The molecular weight excluding hydrogens is 517 g/mol. The molecule has 3 rings (SSSR count). The number of rotatable bonds is 9. The lowest BCUT2D eigenvalue weighted by Crippen LogP contribution is -2.39. The minimum Gasteiger partial charge on any atom is -0.467 e. The Labute approximate surface area is 208 Å². The van der Waals surface area contributed by atoms with Crippen LogP contribution in [0.15, 0.2) is 52.1 Å². The third kappa shape index (κ3) is 8.82. The average Bonchev–Trinajstić information content (AvgIpc) is 3.32. The molecule has 0 radical (unpaired) electrons. The minimum absolute atomic E-state index is 0. The van der Waals surface area contributed by atoms with Crippen LogP contribution < -0.4 is 16.0 Å². The monoisotopic (exact) mass is 553 g/mol. The summed E-state index contributed by atoms with van der Waals surface area (Å²) in [5.41, 5.74) is 1.65. The number of benzene rings is 1. The highest BCUT2D eigenvalue weighted by molar-refractivity contribution is 14.0. The number of hydrogen-bond donors (Lipinski definition) is 3. The number of furan rings is 1. The highest BCUT2D eigenvalue weighted by Crippen LogP contribution is 2.15. The maximum absolute atomic E-state index is 12.4. The molecule has 0 saturated carbocycles. The molecule has 32 heavy (non-hydrogen) atoms. The molecule has 1 aromatic carbocycles. The zero-order chi connectivity index (χ0) is 21.9. The Balaban J connectivity index is 0.00000363. The van der Waals surface area contributed by atoms with Crippen LogP contribution in [-0.4, -0.2) is 50.0 Å². The summed E-state index contributed by atoms with van der Waals surface area (Å²) in [6.45, 7) is 7.79. The summed E-state index contributed by atoms with van der Waals surface area (Å²) in [6, 6.07) is 11.3. The first-order chi connectivity index (χ1) is 15.1. The molecular formula is C24H36IN5O2. The summed E-state index contributed by atoms with van der Waals surface area (Å²) < 4.78 is 5.25. The van der Waals surface area contributed by atoms with Crippen LogP contribution in [0.2, 0.25) is 0 Å². The number of halogens is 1. The van der Waals surface area contributed by atoms with Gasteiger partial charge in [-0.1, -0.05) is 19.1 Å². The second-order valence-electron chi connectivity index (χ2n) is 8.19. The minimum atomic E-state index is -0.118. The fourth-order valence-electron chi connectivity index (χ4n) is 3.71. The fourth-order valence-corrected chi connectivity index (χ4v) is 3.71. The number of guanidine groups is 1. The molecule has 3 N–H and O–H groups in total. The van der Waals surface area contributed by atoms with Crippen LogP contribution in [0.3, 0.4) is 0 Å². The van der Waals surface area contributed by atoms with Crippen LogP contribution in [0.1, 0.15) is 47.9 Å². The van der Waals surface area contributed by atoms with Crippen molar-refractivity contribution in [2.45, 2.75) is 39.3 Å². The van der Waals surface area contributed by atoms with Gasteiger partial charge in [-0.2, -0.15) is 0 Å². The number of amides is 1. The van der Waals surface area contributed by atoms with Crippen LogP contribution >= 0.6 is 24.0 Å². The number of piperidine rings is 1. The third-order valence-electron chi connectivity index (χ3n) is 5.70. The van der Waals surface area contributed by atoms with Crippen LogP contribution in [0.4, 0.5) is 0 Å². The molecule has 7 nitrogen and oxygen atoms in total. The molecule has 1 aliphatic heterocycles. The largest absolute Gasteiger partial charge is 0.467 e. The summed E-state index contributed by atoms with van der Waals surface area (Å²) >= 11 is 0. The van der Waals surface area contributed by atoms with Crippen molar-refractivity contribution in [3.63, 3.8) is 0 Å². The van der Waals surface area contributed by atoms with E-state index in [4.69, 9.17) is 4.42 Å². The van der Waals surface area contributed by atoms with Crippen LogP contribution in [0.5, 0.6) is 0 Å². The maximum Gasteiger partial charge on any atom is 0.251 e. The lowest BCUT2D eigenvalue weighted by Gasteiger charge is -2.30. The molecule has 1 aromatic heterocycles. The van der Waals surface area contributed by atoms with E-state index < -0.39 is 0 Å². The third-order valence-corrected chi connectivity index (χ3v) is 5.70. The van der Waals surface area contributed by atoms with Gasteiger partial charge in [-0.05, 0) is 74.6 Å². The van der Waals surface area contributed by atoms with Gasteiger partial charge in [0, 0.05) is 25.7 Å². The second kappa shape index (κ2) is 14.2. The lowest BCUT2D eigenvalue weighted by molar-refractivity contribution is 0.0948. The smallest absolute Gasteiger partial charge is 0.251 e. The van der Waals surface area contributed by atoms with E-state index in [1.165, 1.54) is 25.9 Å². The molecule has 8 heteroatoms. The molecule has 2 heterocycles. The Morgan fingerprint density at radius 3 is 2.66 bits per heavy atom. The van der Waals surface area contributed by atoms with E-state index in [0.717, 1.165) is 42.7 Å². The highest BCUT2D eigenvalue weighted by atomic mass is 127. The molecule has 2 aromatic rings. The number of aliphatic imine (C=N–C) groups is 1. The number of carbonyl (C=O) groups excluding carboxylic acids is 1. The normalized spacial score (nSPS) is 15.1. The van der Waals surface area contributed by atoms with Crippen molar-refractivity contribution >= 4 is 35.8 Å². The van der Waals surface area contributed by atoms with Gasteiger partial charge in [0.25, 0.3) is 5.91 Å². The Morgan fingerprint density at radius 1 is 1.12 bits per heavy atom. The van der Waals surface area contributed by atoms with E-state index in [1.807, 2.05) is 36.4 Å². The van der Waals surface area contributed by atoms with Gasteiger partial charge < -0.3 is 25.3 Å². The Kier molecular flexibility index (Phi) is 11.6. The first kappa shape index (κ1) is 26.2. The Bertz CT molecular complexity index is 833. The van der Waals surface area contributed by atoms with E-state index in [1.54, 1.807) is 13.3 Å². The molecule has 1 amide bonds. The van der Waals surface area contributed by atoms with Crippen molar-refractivity contribution in [2.75, 3.05) is 33.2 Å². The van der Waals surface area contributed by atoms with Gasteiger partial charge in [0.1, 0.15) is 5.76 Å². The van der Waals surface area contributed by atoms with Gasteiger partial charge in [-0.25, -0.2) is 0 Å². The summed E-state index contributed by atoms with van der Waals surface area (Å²) in [7, 11) is 1.78. The molecule has 0 unspecified atom stereocenters. The van der Waals surface area contributed by atoms with Crippen LogP contribution in [0.25, 0.3) is 0 Å². The van der Waals surface area contributed by atoms with Crippen LogP contribution in [0, 0.1) is 5.92 Å². The van der Waals surface area contributed by atoms with Crippen molar-refractivity contribution in [2.24, 2.45) is 10.9 Å². The van der Waals surface area contributed by atoms with Gasteiger partial charge in [0.15, 0.2) is 5.96 Å². The summed E-state index contributed by atoms with van der Waals surface area (Å²) in [4.78, 5) is 19.3. The number of hydrogen-bond acceptors (Lipinski definition) is 4. The zero-order valence-corrected chi connectivity index (χ0v) is 21.4. The molecule has 1 saturated heterocycles. The van der Waals surface area contributed by atoms with Gasteiger partial charge in [0.2, 0.25) is 0 Å². The molecule has 0 bridgehead atoms. The highest BCUT2D eigenvalue weighted by Gasteiger charge is 2.14. The van der Waals surface area contributed by atoms with Crippen molar-refractivity contribution < 1.29 is 9.21 Å². The first-order valence-electron chi connectivity index (χ1n) is 11.2. The van der Waals surface area contributed by atoms with Gasteiger partial charge in [-0.3, -0.25) is 9.79 Å². The van der Waals surface area contributed by atoms with E-state index in [-0.39, 0.29) is 29.9 Å². The van der Waals surface area contributed by atoms with E-state index in [2.05, 4.69) is 32.8 Å².